The molecule has 0 aliphatic rings. The quantitative estimate of drug-likeness (QED) is 0.451. The van der Waals surface area contributed by atoms with E-state index in [4.69, 9.17) is 23.2 Å². The number of rotatable bonds is 1. The van der Waals surface area contributed by atoms with Crippen LogP contribution in [0.25, 0.3) is 21.3 Å². The van der Waals surface area contributed by atoms with Gasteiger partial charge in [0.15, 0.2) is 0 Å². The van der Waals surface area contributed by atoms with Gasteiger partial charge >= 0.3 is 0 Å². The molecule has 2 aromatic heterocycles. The van der Waals surface area contributed by atoms with Crippen LogP contribution in [0.15, 0.2) is 23.6 Å². The largest absolute Gasteiger partial charge is 0.225 e. The highest BCUT2D eigenvalue weighted by molar-refractivity contribution is 7.17. The molecule has 0 unspecified atom stereocenters. The molecule has 2 nitrogen and oxygen atoms in total. The lowest BCUT2D eigenvalue weighted by atomic mass is 10.0. The number of aryl methyl sites for hydroxylation is 2. The van der Waals surface area contributed by atoms with Gasteiger partial charge in [-0.15, -0.1) is 11.3 Å². The Morgan fingerprint density at radius 1 is 1.05 bits per heavy atom. The molecule has 1 aromatic carbocycles. The van der Waals surface area contributed by atoms with Crippen LogP contribution >= 0.6 is 34.5 Å². The Hall–Kier alpha value is -1.16. The molecule has 0 atom stereocenters. The third kappa shape index (κ3) is 2.22. The molecule has 3 aromatic rings. The third-order valence-electron chi connectivity index (χ3n) is 3.18. The molecule has 0 radical (unpaired) electrons. The van der Waals surface area contributed by atoms with E-state index < -0.39 is 0 Å². The van der Waals surface area contributed by atoms with E-state index in [0.717, 1.165) is 21.3 Å². The van der Waals surface area contributed by atoms with Crippen LogP contribution in [0.2, 0.25) is 10.4 Å². The first-order valence-corrected chi connectivity index (χ1v) is 7.37. The molecule has 96 valence electrons. The minimum Gasteiger partial charge on any atom is -0.207 e. The fraction of sp³-hybridized carbons (Fsp3) is 0.143. The van der Waals surface area contributed by atoms with Gasteiger partial charge in [0.1, 0.15) is 9.98 Å². The van der Waals surface area contributed by atoms with Crippen molar-refractivity contribution in [3.63, 3.8) is 0 Å². The smallest absolute Gasteiger partial charge is 0.207 e. The minimum atomic E-state index is 0.186. The van der Waals surface area contributed by atoms with Crippen LogP contribution in [-0.4, -0.2) is 9.97 Å². The summed E-state index contributed by atoms with van der Waals surface area (Å²) in [6, 6.07) is 6.36. The Balaban J connectivity index is 2.28. The molecule has 19 heavy (non-hydrogen) atoms. The standard InChI is InChI=1S/C14H10Cl2N2S/c1-7-3-4-9(5-8(7)2)10-6-19-13-11(10)12(15)17-14(16)18-13/h3-6H,1-2H3. The molecule has 0 fully saturated rings. The van der Waals surface area contributed by atoms with Crippen molar-refractivity contribution in [3.05, 3.63) is 45.1 Å². The van der Waals surface area contributed by atoms with E-state index >= 15 is 0 Å². The summed E-state index contributed by atoms with van der Waals surface area (Å²) in [6.45, 7) is 4.20. The highest BCUT2D eigenvalue weighted by atomic mass is 35.5. The molecular formula is C14H10Cl2N2S. The average Bonchev–Trinajstić information content (AvgIpc) is 2.76. The highest BCUT2D eigenvalue weighted by Gasteiger charge is 2.13. The Labute approximate surface area is 125 Å². The Kier molecular flexibility index (Phi) is 3.21. The zero-order valence-corrected chi connectivity index (χ0v) is 12.7. The third-order valence-corrected chi connectivity index (χ3v) is 4.49. The average molecular weight is 309 g/mol. The molecule has 0 saturated heterocycles. The normalized spacial score (nSPS) is 11.2. The lowest BCUT2D eigenvalue weighted by Gasteiger charge is -2.05. The lowest BCUT2D eigenvalue weighted by Crippen LogP contribution is -1.86. The number of halogens is 2. The van der Waals surface area contributed by atoms with Crippen molar-refractivity contribution >= 4 is 44.8 Å². The van der Waals surface area contributed by atoms with E-state index in [1.54, 1.807) is 0 Å². The molecule has 0 aliphatic carbocycles. The van der Waals surface area contributed by atoms with E-state index in [2.05, 4.69) is 42.0 Å². The summed E-state index contributed by atoms with van der Waals surface area (Å²) < 4.78 is 0. The van der Waals surface area contributed by atoms with Crippen molar-refractivity contribution in [3.8, 4) is 11.1 Å². The fourth-order valence-corrected chi connectivity index (χ4v) is 3.53. The van der Waals surface area contributed by atoms with Gasteiger partial charge < -0.3 is 0 Å². The Morgan fingerprint density at radius 2 is 1.84 bits per heavy atom. The van der Waals surface area contributed by atoms with Crippen molar-refractivity contribution in [2.45, 2.75) is 13.8 Å². The van der Waals surface area contributed by atoms with Crippen LogP contribution in [0.5, 0.6) is 0 Å². The maximum absolute atomic E-state index is 6.20. The van der Waals surface area contributed by atoms with Crippen LogP contribution < -0.4 is 0 Å². The Bertz CT molecular complexity index is 780. The second-order valence-electron chi connectivity index (χ2n) is 4.41. The molecule has 0 aliphatic heterocycles. The molecule has 0 spiro atoms. The SMILES string of the molecule is Cc1ccc(-c2csc3nc(Cl)nc(Cl)c23)cc1C. The van der Waals surface area contributed by atoms with Gasteiger partial charge in [0, 0.05) is 10.9 Å². The maximum Gasteiger partial charge on any atom is 0.225 e. The molecule has 2 heterocycles. The van der Waals surface area contributed by atoms with Crippen molar-refractivity contribution in [1.82, 2.24) is 9.97 Å². The molecule has 0 bridgehead atoms. The van der Waals surface area contributed by atoms with Gasteiger partial charge in [-0.05, 0) is 42.1 Å². The van der Waals surface area contributed by atoms with Gasteiger partial charge in [0.25, 0.3) is 0 Å². The summed E-state index contributed by atoms with van der Waals surface area (Å²) in [5.74, 6) is 0. The summed E-state index contributed by atoms with van der Waals surface area (Å²) in [6.07, 6.45) is 0. The number of hydrogen-bond donors (Lipinski definition) is 0. The number of benzene rings is 1. The first-order valence-electron chi connectivity index (χ1n) is 5.74. The summed E-state index contributed by atoms with van der Waals surface area (Å²) in [5.41, 5.74) is 4.71. The van der Waals surface area contributed by atoms with Crippen molar-refractivity contribution < 1.29 is 0 Å². The van der Waals surface area contributed by atoms with E-state index in [0.29, 0.717) is 5.15 Å². The second kappa shape index (κ2) is 4.75. The topological polar surface area (TPSA) is 25.8 Å². The van der Waals surface area contributed by atoms with Crippen molar-refractivity contribution in [1.29, 1.82) is 0 Å². The van der Waals surface area contributed by atoms with Gasteiger partial charge in [0.05, 0.1) is 5.39 Å². The first-order chi connectivity index (χ1) is 9.06. The van der Waals surface area contributed by atoms with Gasteiger partial charge in [-0.25, -0.2) is 9.97 Å². The number of fused-ring (bicyclic) bond motifs is 1. The van der Waals surface area contributed by atoms with Crippen LogP contribution in [0.3, 0.4) is 0 Å². The monoisotopic (exact) mass is 308 g/mol. The van der Waals surface area contributed by atoms with E-state index in [-0.39, 0.29) is 5.28 Å². The van der Waals surface area contributed by atoms with Crippen LogP contribution in [-0.2, 0) is 0 Å². The molecule has 0 saturated carbocycles. The van der Waals surface area contributed by atoms with E-state index in [1.165, 1.54) is 22.5 Å². The van der Waals surface area contributed by atoms with Crippen LogP contribution in [0.1, 0.15) is 11.1 Å². The van der Waals surface area contributed by atoms with Crippen LogP contribution in [0, 0.1) is 13.8 Å². The van der Waals surface area contributed by atoms with E-state index in [9.17, 15) is 0 Å². The number of thiophene rings is 1. The first kappa shape index (κ1) is 12.9. The number of nitrogens with zero attached hydrogens (tertiary/aromatic N) is 2. The zero-order chi connectivity index (χ0) is 13.6. The summed E-state index contributed by atoms with van der Waals surface area (Å²) in [7, 11) is 0. The maximum atomic E-state index is 6.20. The fourth-order valence-electron chi connectivity index (χ4n) is 2.00. The van der Waals surface area contributed by atoms with Gasteiger partial charge in [0.2, 0.25) is 5.28 Å². The predicted molar refractivity (Wildman–Crippen MR) is 82.3 cm³/mol. The highest BCUT2D eigenvalue weighted by Crippen LogP contribution is 2.37. The molecule has 0 N–H and O–H groups in total. The van der Waals surface area contributed by atoms with Gasteiger partial charge in [-0.1, -0.05) is 29.8 Å². The molecule has 5 heteroatoms. The number of aromatic nitrogens is 2. The van der Waals surface area contributed by atoms with E-state index in [1.807, 2.05) is 5.38 Å². The lowest BCUT2D eigenvalue weighted by molar-refractivity contribution is 1.23. The molecular weight excluding hydrogens is 299 g/mol. The van der Waals surface area contributed by atoms with Crippen molar-refractivity contribution in [2.24, 2.45) is 0 Å². The van der Waals surface area contributed by atoms with Crippen LogP contribution in [0.4, 0.5) is 0 Å². The van der Waals surface area contributed by atoms with Crippen molar-refractivity contribution in [2.75, 3.05) is 0 Å². The second-order valence-corrected chi connectivity index (χ2v) is 5.97. The van der Waals surface area contributed by atoms with Gasteiger partial charge in [-0.2, -0.15) is 0 Å². The zero-order valence-electron chi connectivity index (χ0n) is 10.4. The number of hydrogen-bond acceptors (Lipinski definition) is 3. The molecule has 3 rings (SSSR count). The van der Waals surface area contributed by atoms with Gasteiger partial charge in [-0.3, -0.25) is 0 Å². The Morgan fingerprint density at radius 3 is 2.58 bits per heavy atom. The molecule has 0 amide bonds. The summed E-state index contributed by atoms with van der Waals surface area (Å²) >= 11 is 13.6. The minimum absolute atomic E-state index is 0.186. The summed E-state index contributed by atoms with van der Waals surface area (Å²) in [5, 5.41) is 3.51. The summed E-state index contributed by atoms with van der Waals surface area (Å²) in [4.78, 5) is 9.06. The predicted octanol–water partition coefficient (Wildman–Crippen LogP) is 5.28.